The minimum absolute atomic E-state index is 0.572. The summed E-state index contributed by atoms with van der Waals surface area (Å²) in [4.78, 5) is 1.84. The largest absolute Gasteiger partial charge is 0.335 e. The van der Waals surface area contributed by atoms with Crippen molar-refractivity contribution in [2.45, 2.75) is 71.1 Å². The number of nitrogens with one attached hydrogen (secondary N) is 1. The smallest absolute Gasteiger partial charge is 0.0770 e. The fraction of sp³-hybridized carbons (Fsp3) is 0.700. The van der Waals surface area contributed by atoms with Crippen molar-refractivity contribution in [1.29, 1.82) is 0 Å². The SMILES string of the molecule is CCCC[NH+](CCCC)CCCC.ClCc1ccc(CCl)cc1. The number of unbranched alkanes of at least 4 members (excludes halogenated alkanes) is 3. The van der Waals surface area contributed by atoms with Gasteiger partial charge in [-0.15, -0.1) is 23.2 Å². The molecule has 1 aromatic carbocycles. The number of hydrogen-bond donors (Lipinski definition) is 1. The molecule has 0 aliphatic rings. The molecule has 0 fully saturated rings. The van der Waals surface area contributed by atoms with Crippen molar-refractivity contribution in [3.05, 3.63) is 35.4 Å². The minimum atomic E-state index is 0.572. The van der Waals surface area contributed by atoms with Crippen molar-refractivity contribution in [1.82, 2.24) is 0 Å². The van der Waals surface area contributed by atoms with E-state index in [1.165, 1.54) is 58.2 Å². The number of benzene rings is 1. The zero-order chi connectivity index (χ0) is 17.3. The first-order valence-electron chi connectivity index (χ1n) is 9.24. The van der Waals surface area contributed by atoms with E-state index >= 15 is 0 Å². The molecule has 134 valence electrons. The first kappa shape index (κ1) is 22.8. The zero-order valence-electron chi connectivity index (χ0n) is 15.3. The van der Waals surface area contributed by atoms with Crippen LogP contribution in [0.5, 0.6) is 0 Å². The van der Waals surface area contributed by atoms with Crippen molar-refractivity contribution >= 4 is 23.2 Å². The maximum Gasteiger partial charge on any atom is 0.0770 e. The molecule has 0 bridgehead atoms. The number of halogens is 2. The quantitative estimate of drug-likeness (QED) is 0.501. The summed E-state index contributed by atoms with van der Waals surface area (Å²) >= 11 is 11.2. The second-order valence-corrected chi connectivity index (χ2v) is 6.68. The Bertz CT molecular complexity index is 309. The first-order valence-corrected chi connectivity index (χ1v) is 10.3. The molecule has 1 aromatic rings. The Morgan fingerprint density at radius 1 is 0.652 bits per heavy atom. The molecule has 0 unspecified atom stereocenters. The second-order valence-electron chi connectivity index (χ2n) is 6.14. The Labute approximate surface area is 154 Å². The van der Waals surface area contributed by atoms with Gasteiger partial charge in [0.1, 0.15) is 0 Å². The Balaban J connectivity index is 0.000000433. The van der Waals surface area contributed by atoms with Crippen molar-refractivity contribution < 1.29 is 4.90 Å². The molecule has 0 aliphatic heterocycles. The Hall–Kier alpha value is -0.240. The van der Waals surface area contributed by atoms with E-state index in [0.717, 1.165) is 11.1 Å². The van der Waals surface area contributed by atoms with Gasteiger partial charge in [0.05, 0.1) is 19.6 Å². The number of rotatable bonds is 11. The highest BCUT2D eigenvalue weighted by molar-refractivity contribution is 6.17. The maximum atomic E-state index is 5.59. The molecule has 1 nitrogen and oxygen atoms in total. The molecule has 0 aromatic heterocycles. The molecule has 0 spiro atoms. The molecule has 3 heteroatoms. The van der Waals surface area contributed by atoms with E-state index in [1.807, 2.05) is 29.2 Å². The Kier molecular flexibility index (Phi) is 16.4. The van der Waals surface area contributed by atoms with E-state index < -0.39 is 0 Å². The normalized spacial score (nSPS) is 10.5. The van der Waals surface area contributed by atoms with Gasteiger partial charge in [0.15, 0.2) is 0 Å². The third-order valence-electron chi connectivity index (χ3n) is 3.98. The third kappa shape index (κ3) is 12.8. The summed E-state index contributed by atoms with van der Waals surface area (Å²) < 4.78 is 0. The van der Waals surface area contributed by atoms with E-state index in [4.69, 9.17) is 23.2 Å². The van der Waals surface area contributed by atoms with Gasteiger partial charge in [0.25, 0.3) is 0 Å². The summed E-state index contributed by atoms with van der Waals surface area (Å²) in [5.74, 6) is 1.14. The average Bonchev–Trinajstić information content (AvgIpc) is 2.61. The summed E-state index contributed by atoms with van der Waals surface area (Å²) in [7, 11) is 0. The summed E-state index contributed by atoms with van der Waals surface area (Å²) in [5.41, 5.74) is 2.27. The molecule has 0 radical (unpaired) electrons. The van der Waals surface area contributed by atoms with E-state index in [9.17, 15) is 0 Å². The van der Waals surface area contributed by atoms with Crippen LogP contribution in [0.4, 0.5) is 0 Å². The standard InChI is InChI=1S/C12H27N.C8H8Cl2/c1-4-7-10-13(11-8-5-2)12-9-6-3;9-5-7-1-2-8(6-10)4-3-7/h4-12H2,1-3H3;1-4H,5-6H2/p+1. The van der Waals surface area contributed by atoms with E-state index in [1.54, 1.807) is 0 Å². The van der Waals surface area contributed by atoms with Crippen molar-refractivity contribution in [2.24, 2.45) is 0 Å². The lowest BCUT2D eigenvalue weighted by molar-refractivity contribution is -0.900. The van der Waals surface area contributed by atoms with Gasteiger partial charge < -0.3 is 4.90 Å². The predicted molar refractivity (Wildman–Crippen MR) is 106 cm³/mol. The Morgan fingerprint density at radius 2 is 0.957 bits per heavy atom. The lowest BCUT2D eigenvalue weighted by Gasteiger charge is -2.18. The molecule has 0 amide bonds. The van der Waals surface area contributed by atoms with Crippen LogP contribution >= 0.6 is 23.2 Å². The van der Waals surface area contributed by atoms with Gasteiger partial charge in [-0.3, -0.25) is 0 Å². The summed E-state index contributed by atoms with van der Waals surface area (Å²) in [6.45, 7) is 11.1. The molecule has 1 N–H and O–H groups in total. The van der Waals surface area contributed by atoms with Gasteiger partial charge in [0.2, 0.25) is 0 Å². The van der Waals surface area contributed by atoms with Gasteiger partial charge in [-0.25, -0.2) is 0 Å². The van der Waals surface area contributed by atoms with Crippen LogP contribution in [0.25, 0.3) is 0 Å². The van der Waals surface area contributed by atoms with Gasteiger partial charge >= 0.3 is 0 Å². The fourth-order valence-corrected chi connectivity index (χ4v) is 2.73. The minimum Gasteiger partial charge on any atom is -0.335 e. The summed E-state index contributed by atoms with van der Waals surface area (Å²) in [6.07, 6.45) is 8.26. The molecule has 0 saturated carbocycles. The molecular formula is C20H36Cl2N+. The predicted octanol–water partition coefficient (Wildman–Crippen LogP) is 5.44. The molecule has 0 heterocycles. The van der Waals surface area contributed by atoms with Crippen LogP contribution in [0.2, 0.25) is 0 Å². The van der Waals surface area contributed by atoms with Crippen molar-refractivity contribution in [2.75, 3.05) is 19.6 Å². The van der Waals surface area contributed by atoms with Crippen LogP contribution in [0.15, 0.2) is 24.3 Å². The molecular weight excluding hydrogens is 325 g/mol. The molecule has 0 aliphatic carbocycles. The van der Waals surface area contributed by atoms with Crippen LogP contribution in [-0.2, 0) is 11.8 Å². The van der Waals surface area contributed by atoms with E-state index in [-0.39, 0.29) is 0 Å². The molecule has 1 rings (SSSR count). The third-order valence-corrected chi connectivity index (χ3v) is 4.60. The van der Waals surface area contributed by atoms with E-state index in [2.05, 4.69) is 20.8 Å². The fourth-order valence-electron chi connectivity index (χ4n) is 2.37. The number of alkyl halides is 2. The topological polar surface area (TPSA) is 4.44 Å². The second kappa shape index (κ2) is 16.6. The van der Waals surface area contributed by atoms with E-state index in [0.29, 0.717) is 11.8 Å². The van der Waals surface area contributed by atoms with Crippen LogP contribution < -0.4 is 4.90 Å². The van der Waals surface area contributed by atoms with Gasteiger partial charge in [-0.05, 0) is 30.4 Å². The molecule has 0 saturated heterocycles. The maximum absolute atomic E-state index is 5.59. The monoisotopic (exact) mass is 360 g/mol. The lowest BCUT2D eigenvalue weighted by Crippen LogP contribution is -3.12. The van der Waals surface area contributed by atoms with Gasteiger partial charge in [-0.2, -0.15) is 0 Å². The van der Waals surface area contributed by atoms with Crippen molar-refractivity contribution in [3.8, 4) is 0 Å². The van der Waals surface area contributed by atoms with Crippen LogP contribution in [-0.4, -0.2) is 19.6 Å². The molecule has 0 atom stereocenters. The summed E-state index contributed by atoms with van der Waals surface area (Å²) in [6, 6.07) is 7.96. The van der Waals surface area contributed by atoms with Gasteiger partial charge in [0, 0.05) is 11.8 Å². The average molecular weight is 361 g/mol. The Morgan fingerprint density at radius 3 is 1.17 bits per heavy atom. The first-order chi connectivity index (χ1) is 11.2. The highest BCUT2D eigenvalue weighted by Crippen LogP contribution is 2.08. The highest BCUT2D eigenvalue weighted by Gasteiger charge is 2.05. The molecule has 23 heavy (non-hydrogen) atoms. The number of hydrogen-bond acceptors (Lipinski definition) is 0. The number of quaternary nitrogens is 1. The highest BCUT2D eigenvalue weighted by atomic mass is 35.5. The van der Waals surface area contributed by atoms with Crippen LogP contribution in [0.1, 0.15) is 70.4 Å². The van der Waals surface area contributed by atoms with Gasteiger partial charge in [-0.1, -0.05) is 64.3 Å². The lowest BCUT2D eigenvalue weighted by atomic mass is 10.2. The van der Waals surface area contributed by atoms with Crippen LogP contribution in [0, 0.1) is 0 Å². The van der Waals surface area contributed by atoms with Crippen LogP contribution in [0.3, 0.4) is 0 Å². The summed E-state index contributed by atoms with van der Waals surface area (Å²) in [5, 5.41) is 0. The van der Waals surface area contributed by atoms with Crippen molar-refractivity contribution in [3.63, 3.8) is 0 Å². The zero-order valence-corrected chi connectivity index (χ0v) is 16.9.